The number of hydrogen-bond acceptors (Lipinski definition) is 4. The number of fused-ring (bicyclic) bond motifs is 1. The van der Waals surface area contributed by atoms with Crippen molar-refractivity contribution >= 4 is 0 Å². The van der Waals surface area contributed by atoms with Gasteiger partial charge in [0.2, 0.25) is 5.89 Å². The van der Waals surface area contributed by atoms with E-state index >= 15 is 0 Å². The Kier molecular flexibility index (Phi) is 4.34. The summed E-state index contributed by atoms with van der Waals surface area (Å²) in [5.74, 6) is 2.44. The van der Waals surface area contributed by atoms with Crippen molar-refractivity contribution in [2.75, 3.05) is 6.54 Å². The minimum absolute atomic E-state index is 0.289. The Morgan fingerprint density at radius 1 is 1.33 bits per heavy atom. The first-order chi connectivity index (χ1) is 10.2. The van der Waals surface area contributed by atoms with Gasteiger partial charge in [-0.3, -0.25) is 0 Å². The normalized spacial score (nSPS) is 18.0. The van der Waals surface area contributed by atoms with Crippen molar-refractivity contribution in [2.45, 2.75) is 45.6 Å². The van der Waals surface area contributed by atoms with Gasteiger partial charge in [-0.15, -0.1) is 0 Å². The predicted molar refractivity (Wildman–Crippen MR) is 82.1 cm³/mol. The summed E-state index contributed by atoms with van der Waals surface area (Å²) in [7, 11) is 0. The summed E-state index contributed by atoms with van der Waals surface area (Å²) < 4.78 is 5.39. The van der Waals surface area contributed by atoms with Crippen molar-refractivity contribution in [3.63, 3.8) is 0 Å². The molecule has 112 valence electrons. The Morgan fingerprint density at radius 2 is 2.19 bits per heavy atom. The van der Waals surface area contributed by atoms with Crippen LogP contribution in [0.15, 0.2) is 28.8 Å². The lowest BCUT2D eigenvalue weighted by Gasteiger charge is -2.22. The standard InChI is InChI=1S/C17H23N3O/c1-12(2)10-18-11-16-19-17(20-21-16)15-9-5-7-13-6-3-4-8-14(13)15/h3-4,6,8,12,15,18H,5,7,9-11H2,1-2H3. The third-order valence-electron chi connectivity index (χ3n) is 3.99. The van der Waals surface area contributed by atoms with Gasteiger partial charge in [0.25, 0.3) is 0 Å². The van der Waals surface area contributed by atoms with Gasteiger partial charge in [-0.25, -0.2) is 0 Å². The second-order valence-corrected chi connectivity index (χ2v) is 6.21. The Labute approximate surface area is 126 Å². The van der Waals surface area contributed by atoms with Crippen LogP contribution in [0.4, 0.5) is 0 Å². The first-order valence-corrected chi connectivity index (χ1v) is 7.85. The number of nitrogens with one attached hydrogen (secondary N) is 1. The highest BCUT2D eigenvalue weighted by molar-refractivity contribution is 5.36. The molecule has 1 aliphatic carbocycles. The maximum Gasteiger partial charge on any atom is 0.240 e. The van der Waals surface area contributed by atoms with Crippen molar-refractivity contribution in [1.29, 1.82) is 0 Å². The average molecular weight is 285 g/mol. The van der Waals surface area contributed by atoms with E-state index in [4.69, 9.17) is 4.52 Å². The molecule has 0 radical (unpaired) electrons. The Balaban J connectivity index is 1.72. The molecule has 3 rings (SSSR count). The molecular formula is C17H23N3O. The molecule has 0 fully saturated rings. The maximum atomic E-state index is 5.39. The fraction of sp³-hybridized carbons (Fsp3) is 0.529. The van der Waals surface area contributed by atoms with Crippen LogP contribution in [0.1, 0.15) is 55.4 Å². The van der Waals surface area contributed by atoms with Crippen LogP contribution in [0.25, 0.3) is 0 Å². The monoisotopic (exact) mass is 285 g/mol. The highest BCUT2D eigenvalue weighted by Gasteiger charge is 2.25. The summed E-state index contributed by atoms with van der Waals surface area (Å²) in [6.45, 7) is 5.99. The lowest BCUT2D eigenvalue weighted by molar-refractivity contribution is 0.356. The zero-order chi connectivity index (χ0) is 14.7. The zero-order valence-corrected chi connectivity index (χ0v) is 12.8. The van der Waals surface area contributed by atoms with Crippen LogP contribution in [0.5, 0.6) is 0 Å². The van der Waals surface area contributed by atoms with E-state index in [1.807, 2.05) is 0 Å². The smallest absolute Gasteiger partial charge is 0.240 e. The van der Waals surface area contributed by atoms with Gasteiger partial charge >= 0.3 is 0 Å². The molecule has 1 unspecified atom stereocenters. The number of aryl methyl sites for hydroxylation is 1. The molecule has 4 nitrogen and oxygen atoms in total. The number of nitrogens with zero attached hydrogens (tertiary/aromatic N) is 2. The van der Waals surface area contributed by atoms with E-state index in [9.17, 15) is 0 Å². The molecule has 0 saturated heterocycles. The lowest BCUT2D eigenvalue weighted by Crippen LogP contribution is -2.19. The van der Waals surface area contributed by atoms with Gasteiger partial charge in [-0.05, 0) is 42.9 Å². The summed E-state index contributed by atoms with van der Waals surface area (Å²) in [6.07, 6.45) is 3.46. The molecule has 0 saturated carbocycles. The molecule has 4 heteroatoms. The highest BCUT2D eigenvalue weighted by atomic mass is 16.5. The second kappa shape index (κ2) is 6.39. The fourth-order valence-electron chi connectivity index (χ4n) is 2.97. The Bertz CT molecular complexity index is 591. The largest absolute Gasteiger partial charge is 0.338 e. The average Bonchev–Trinajstić information content (AvgIpc) is 2.95. The molecule has 1 aromatic carbocycles. The van der Waals surface area contributed by atoms with E-state index in [2.05, 4.69) is 53.6 Å². The lowest BCUT2D eigenvalue weighted by atomic mass is 9.82. The number of rotatable bonds is 5. The summed E-state index contributed by atoms with van der Waals surface area (Å²) in [5, 5.41) is 7.55. The minimum Gasteiger partial charge on any atom is -0.338 e. The molecule has 0 spiro atoms. The molecule has 2 aromatic rings. The molecule has 1 atom stereocenters. The number of aromatic nitrogens is 2. The van der Waals surface area contributed by atoms with Crippen molar-refractivity contribution in [2.24, 2.45) is 5.92 Å². The number of hydrogen-bond donors (Lipinski definition) is 1. The van der Waals surface area contributed by atoms with Crippen LogP contribution in [0.3, 0.4) is 0 Å². The molecule has 1 aromatic heterocycles. The molecule has 0 bridgehead atoms. The van der Waals surface area contributed by atoms with E-state index in [-0.39, 0.29) is 5.92 Å². The van der Waals surface area contributed by atoms with Gasteiger partial charge in [0.1, 0.15) is 0 Å². The SMILES string of the molecule is CC(C)CNCc1nc(C2CCCc3ccccc32)no1. The van der Waals surface area contributed by atoms with Crippen LogP contribution in [0, 0.1) is 5.92 Å². The van der Waals surface area contributed by atoms with Gasteiger partial charge < -0.3 is 9.84 Å². The van der Waals surface area contributed by atoms with Gasteiger partial charge in [0, 0.05) is 5.92 Å². The van der Waals surface area contributed by atoms with Crippen LogP contribution >= 0.6 is 0 Å². The molecule has 1 heterocycles. The summed E-state index contributed by atoms with van der Waals surface area (Å²) in [6, 6.07) is 8.62. The van der Waals surface area contributed by atoms with Crippen molar-refractivity contribution < 1.29 is 4.52 Å². The van der Waals surface area contributed by atoms with E-state index in [0.29, 0.717) is 18.4 Å². The zero-order valence-electron chi connectivity index (χ0n) is 12.8. The molecule has 1 N–H and O–H groups in total. The maximum absolute atomic E-state index is 5.39. The molecule has 1 aliphatic rings. The van der Waals surface area contributed by atoms with E-state index in [1.54, 1.807) is 0 Å². The summed E-state index contributed by atoms with van der Waals surface area (Å²) >= 11 is 0. The van der Waals surface area contributed by atoms with E-state index in [0.717, 1.165) is 25.2 Å². The van der Waals surface area contributed by atoms with Gasteiger partial charge in [0.05, 0.1) is 6.54 Å². The van der Waals surface area contributed by atoms with Crippen LogP contribution in [-0.2, 0) is 13.0 Å². The van der Waals surface area contributed by atoms with Crippen LogP contribution < -0.4 is 5.32 Å². The van der Waals surface area contributed by atoms with E-state index < -0.39 is 0 Å². The topological polar surface area (TPSA) is 51.0 Å². The van der Waals surface area contributed by atoms with Gasteiger partial charge in [-0.1, -0.05) is 43.3 Å². The summed E-state index contributed by atoms with van der Waals surface area (Å²) in [5.41, 5.74) is 2.80. The van der Waals surface area contributed by atoms with Crippen molar-refractivity contribution in [1.82, 2.24) is 15.5 Å². The molecular weight excluding hydrogens is 262 g/mol. The van der Waals surface area contributed by atoms with Crippen LogP contribution in [0.2, 0.25) is 0 Å². The summed E-state index contributed by atoms with van der Waals surface area (Å²) in [4.78, 5) is 4.59. The molecule has 0 aliphatic heterocycles. The van der Waals surface area contributed by atoms with Gasteiger partial charge in [0.15, 0.2) is 5.82 Å². The third kappa shape index (κ3) is 3.32. The number of benzene rings is 1. The van der Waals surface area contributed by atoms with Gasteiger partial charge in [-0.2, -0.15) is 4.98 Å². The quantitative estimate of drug-likeness (QED) is 0.916. The minimum atomic E-state index is 0.289. The van der Waals surface area contributed by atoms with Crippen molar-refractivity contribution in [3.05, 3.63) is 47.1 Å². The van der Waals surface area contributed by atoms with Crippen LogP contribution in [-0.4, -0.2) is 16.7 Å². The van der Waals surface area contributed by atoms with Crippen molar-refractivity contribution in [3.8, 4) is 0 Å². The van der Waals surface area contributed by atoms with E-state index in [1.165, 1.54) is 17.5 Å². The molecule has 21 heavy (non-hydrogen) atoms. The first-order valence-electron chi connectivity index (χ1n) is 7.85. The highest BCUT2D eigenvalue weighted by Crippen LogP contribution is 2.34. The Hall–Kier alpha value is -1.68. The molecule has 0 amide bonds. The Morgan fingerprint density at radius 3 is 3.05 bits per heavy atom. The third-order valence-corrected chi connectivity index (χ3v) is 3.99. The first kappa shape index (κ1) is 14.3. The fourth-order valence-corrected chi connectivity index (χ4v) is 2.97. The second-order valence-electron chi connectivity index (χ2n) is 6.21. The predicted octanol–water partition coefficient (Wildman–Crippen LogP) is 3.28.